The fraction of sp³-hybridized carbons (Fsp3) is 0.818. The van der Waals surface area contributed by atoms with Crippen molar-refractivity contribution >= 4 is 0 Å². The van der Waals surface area contributed by atoms with Crippen molar-refractivity contribution in [1.29, 1.82) is 0 Å². The van der Waals surface area contributed by atoms with Gasteiger partial charge in [-0.15, -0.1) is 10.2 Å². The van der Waals surface area contributed by atoms with Crippen molar-refractivity contribution in [3.63, 3.8) is 0 Å². The van der Waals surface area contributed by atoms with Crippen LogP contribution in [0.3, 0.4) is 0 Å². The van der Waals surface area contributed by atoms with Crippen molar-refractivity contribution in [1.82, 2.24) is 15.5 Å². The molecule has 0 bridgehead atoms. The van der Waals surface area contributed by atoms with Crippen LogP contribution in [0.5, 0.6) is 0 Å². The van der Waals surface area contributed by atoms with E-state index in [0.717, 1.165) is 5.89 Å². The molecule has 4 heteroatoms. The lowest BCUT2D eigenvalue weighted by molar-refractivity contribution is 0.323. The Hall–Kier alpha value is -0.900. The summed E-state index contributed by atoms with van der Waals surface area (Å²) < 4.78 is 5.74. The number of hydrogen-bond donors (Lipinski definition) is 1. The molecule has 1 fully saturated rings. The Kier molecular flexibility index (Phi) is 2.78. The number of nitrogens with one attached hydrogen (secondary N) is 1. The highest BCUT2D eigenvalue weighted by Crippen LogP contribution is 2.39. The Balaban J connectivity index is 2.19. The van der Waals surface area contributed by atoms with E-state index in [2.05, 4.69) is 22.4 Å². The van der Waals surface area contributed by atoms with Gasteiger partial charge in [0.25, 0.3) is 0 Å². The van der Waals surface area contributed by atoms with Gasteiger partial charge in [0.15, 0.2) is 0 Å². The smallest absolute Gasteiger partial charge is 0.233 e. The van der Waals surface area contributed by atoms with Gasteiger partial charge in [-0.05, 0) is 26.8 Å². The number of aromatic nitrogens is 2. The molecule has 84 valence electrons. The molecular weight excluding hydrogens is 190 g/mol. The Labute approximate surface area is 90.5 Å². The molecule has 1 aliphatic carbocycles. The Morgan fingerprint density at radius 2 is 2.00 bits per heavy atom. The quantitative estimate of drug-likeness (QED) is 0.829. The molecule has 0 aromatic carbocycles. The van der Waals surface area contributed by atoms with E-state index >= 15 is 0 Å². The zero-order valence-corrected chi connectivity index (χ0v) is 9.71. The second-order valence-electron chi connectivity index (χ2n) is 4.72. The first-order valence-electron chi connectivity index (χ1n) is 5.67. The van der Waals surface area contributed by atoms with Crippen LogP contribution in [0.25, 0.3) is 0 Å². The van der Waals surface area contributed by atoms with Gasteiger partial charge in [-0.3, -0.25) is 0 Å². The minimum absolute atomic E-state index is 0.124. The van der Waals surface area contributed by atoms with Gasteiger partial charge in [0, 0.05) is 5.41 Å². The highest BCUT2D eigenvalue weighted by Gasteiger charge is 2.36. The molecule has 0 spiro atoms. The zero-order valence-electron chi connectivity index (χ0n) is 9.71. The van der Waals surface area contributed by atoms with Gasteiger partial charge in [-0.1, -0.05) is 19.8 Å². The molecular formula is C11H19N3O. The van der Waals surface area contributed by atoms with E-state index in [9.17, 15) is 0 Å². The molecule has 1 unspecified atom stereocenters. The Morgan fingerprint density at radius 3 is 2.60 bits per heavy atom. The van der Waals surface area contributed by atoms with Crippen LogP contribution >= 0.6 is 0 Å². The number of nitrogens with zero attached hydrogens (tertiary/aromatic N) is 2. The lowest BCUT2D eigenvalue weighted by atomic mass is 9.89. The van der Waals surface area contributed by atoms with Gasteiger partial charge in [-0.25, -0.2) is 0 Å². The van der Waals surface area contributed by atoms with Gasteiger partial charge >= 0.3 is 0 Å². The van der Waals surface area contributed by atoms with Crippen molar-refractivity contribution in [3.8, 4) is 0 Å². The normalized spacial score (nSPS) is 21.8. The first-order valence-corrected chi connectivity index (χ1v) is 5.67. The summed E-state index contributed by atoms with van der Waals surface area (Å²) in [7, 11) is 1.89. The fourth-order valence-electron chi connectivity index (χ4n) is 2.15. The van der Waals surface area contributed by atoms with Crippen LogP contribution < -0.4 is 5.32 Å². The molecule has 0 saturated heterocycles. The third-order valence-corrected chi connectivity index (χ3v) is 3.47. The standard InChI is InChI=1S/C11H19N3O/c1-8(12-3)9-13-14-10(15-9)11(2)6-4-5-7-11/h8,12H,4-7H2,1-3H3. The maximum Gasteiger partial charge on any atom is 0.233 e. The maximum atomic E-state index is 5.74. The predicted octanol–water partition coefficient (Wildman–Crippen LogP) is 2.18. The summed E-state index contributed by atoms with van der Waals surface area (Å²) in [6.07, 6.45) is 4.89. The molecule has 0 amide bonds. The van der Waals surface area contributed by atoms with Crippen molar-refractivity contribution < 1.29 is 4.42 Å². The van der Waals surface area contributed by atoms with E-state index in [1.807, 2.05) is 14.0 Å². The molecule has 2 rings (SSSR count). The van der Waals surface area contributed by atoms with E-state index in [4.69, 9.17) is 4.42 Å². The molecule has 15 heavy (non-hydrogen) atoms. The summed E-state index contributed by atoms with van der Waals surface area (Å²) >= 11 is 0. The zero-order chi connectivity index (χ0) is 10.9. The first-order chi connectivity index (χ1) is 7.15. The van der Waals surface area contributed by atoms with Crippen LogP contribution in [0.1, 0.15) is 57.4 Å². The maximum absolute atomic E-state index is 5.74. The summed E-state index contributed by atoms with van der Waals surface area (Å²) in [4.78, 5) is 0. The largest absolute Gasteiger partial charge is 0.423 e. The monoisotopic (exact) mass is 209 g/mol. The lowest BCUT2D eigenvalue weighted by Crippen LogP contribution is -2.17. The fourth-order valence-corrected chi connectivity index (χ4v) is 2.15. The molecule has 0 aliphatic heterocycles. The molecule has 1 aromatic heterocycles. The number of hydrogen-bond acceptors (Lipinski definition) is 4. The van der Waals surface area contributed by atoms with Crippen LogP contribution in [0, 0.1) is 0 Å². The topological polar surface area (TPSA) is 51.0 Å². The van der Waals surface area contributed by atoms with E-state index in [1.54, 1.807) is 0 Å². The molecule has 1 saturated carbocycles. The van der Waals surface area contributed by atoms with Crippen molar-refractivity contribution in [3.05, 3.63) is 11.8 Å². The molecule has 1 aromatic rings. The van der Waals surface area contributed by atoms with Crippen molar-refractivity contribution in [2.24, 2.45) is 0 Å². The first kappa shape index (κ1) is 10.6. The Morgan fingerprint density at radius 1 is 1.33 bits per heavy atom. The third kappa shape index (κ3) is 1.91. The van der Waals surface area contributed by atoms with Crippen LogP contribution in [0.4, 0.5) is 0 Å². The highest BCUT2D eigenvalue weighted by atomic mass is 16.4. The SMILES string of the molecule is CNC(C)c1nnc(C2(C)CCCC2)o1. The summed E-state index contributed by atoms with van der Waals surface area (Å²) in [6, 6.07) is 0.135. The predicted molar refractivity (Wildman–Crippen MR) is 57.6 cm³/mol. The van der Waals surface area contributed by atoms with Crippen LogP contribution in [-0.4, -0.2) is 17.2 Å². The van der Waals surface area contributed by atoms with Crippen molar-refractivity contribution in [2.75, 3.05) is 7.05 Å². The van der Waals surface area contributed by atoms with Gasteiger partial charge < -0.3 is 9.73 Å². The lowest BCUT2D eigenvalue weighted by Gasteiger charge is -2.17. The summed E-state index contributed by atoms with van der Waals surface area (Å²) in [6.45, 7) is 4.25. The molecule has 1 atom stereocenters. The van der Waals surface area contributed by atoms with Gasteiger partial charge in [0.2, 0.25) is 11.8 Å². The summed E-state index contributed by atoms with van der Waals surface area (Å²) in [5.74, 6) is 1.51. The van der Waals surface area contributed by atoms with E-state index in [-0.39, 0.29) is 11.5 Å². The minimum Gasteiger partial charge on any atom is -0.423 e. The second-order valence-corrected chi connectivity index (χ2v) is 4.72. The summed E-state index contributed by atoms with van der Waals surface area (Å²) in [5, 5.41) is 11.4. The van der Waals surface area contributed by atoms with Crippen molar-refractivity contribution in [2.45, 2.75) is 51.0 Å². The van der Waals surface area contributed by atoms with Crippen LogP contribution in [0.2, 0.25) is 0 Å². The Bertz CT molecular complexity index is 328. The third-order valence-electron chi connectivity index (χ3n) is 3.47. The average Bonchev–Trinajstić information content (AvgIpc) is 2.85. The molecule has 1 aliphatic rings. The van der Waals surface area contributed by atoms with Gasteiger partial charge in [0.1, 0.15) is 0 Å². The summed E-state index contributed by atoms with van der Waals surface area (Å²) in [5.41, 5.74) is 0.124. The minimum atomic E-state index is 0.124. The molecule has 1 heterocycles. The van der Waals surface area contributed by atoms with Crippen LogP contribution in [0.15, 0.2) is 4.42 Å². The number of rotatable bonds is 3. The van der Waals surface area contributed by atoms with Crippen LogP contribution in [-0.2, 0) is 5.41 Å². The van der Waals surface area contributed by atoms with Gasteiger partial charge in [-0.2, -0.15) is 0 Å². The molecule has 4 nitrogen and oxygen atoms in total. The highest BCUT2D eigenvalue weighted by molar-refractivity contribution is 5.05. The second kappa shape index (κ2) is 3.93. The van der Waals surface area contributed by atoms with E-state index < -0.39 is 0 Å². The molecule has 0 radical (unpaired) electrons. The van der Waals surface area contributed by atoms with E-state index in [0.29, 0.717) is 5.89 Å². The average molecular weight is 209 g/mol. The van der Waals surface area contributed by atoms with Gasteiger partial charge in [0.05, 0.1) is 6.04 Å². The van der Waals surface area contributed by atoms with E-state index in [1.165, 1.54) is 25.7 Å². The molecule has 1 N–H and O–H groups in total.